The molecule has 0 unspecified atom stereocenters. The molecule has 0 saturated carbocycles. The molecule has 2 N–H and O–H groups in total. The van der Waals surface area contributed by atoms with Crippen LogP contribution in [0.5, 0.6) is 11.5 Å². The Morgan fingerprint density at radius 3 is 2.65 bits per heavy atom. The standard InChI is InChI=1S/C21H16N2O3/c1-26-20-11-14(6-8-19(20)24)13-5-7-16-17(21(25)23-18(16)10-13)12-15-4-2-3-9-22-15/h2-12,24H,1H3,(H,23,25)/b17-12+. The number of phenols is 1. The zero-order valence-corrected chi connectivity index (χ0v) is 14.1. The zero-order valence-electron chi connectivity index (χ0n) is 14.1. The number of ether oxygens (including phenoxy) is 1. The van der Waals surface area contributed by atoms with Gasteiger partial charge in [0.2, 0.25) is 0 Å². The number of carbonyl (C=O) groups excluding carboxylic acids is 1. The molecule has 4 rings (SSSR count). The number of aromatic nitrogens is 1. The number of hydrogen-bond acceptors (Lipinski definition) is 4. The minimum absolute atomic E-state index is 0.0892. The van der Waals surface area contributed by atoms with E-state index in [9.17, 15) is 9.90 Å². The Morgan fingerprint density at radius 1 is 1.08 bits per heavy atom. The van der Waals surface area contributed by atoms with Crippen molar-refractivity contribution in [2.45, 2.75) is 0 Å². The number of rotatable bonds is 3. The van der Waals surface area contributed by atoms with Crippen molar-refractivity contribution in [2.75, 3.05) is 12.4 Å². The number of anilines is 1. The van der Waals surface area contributed by atoms with Gasteiger partial charge in [0, 0.05) is 17.4 Å². The average Bonchev–Trinajstić information content (AvgIpc) is 2.97. The van der Waals surface area contributed by atoms with E-state index in [-0.39, 0.29) is 11.7 Å². The maximum atomic E-state index is 12.4. The molecule has 0 saturated heterocycles. The summed E-state index contributed by atoms with van der Waals surface area (Å²) in [6, 6.07) is 16.5. The molecule has 0 bridgehead atoms. The number of phenolic OH excluding ortho intramolecular Hbond substituents is 1. The topological polar surface area (TPSA) is 71.5 Å². The van der Waals surface area contributed by atoms with Crippen LogP contribution in [0.1, 0.15) is 11.3 Å². The van der Waals surface area contributed by atoms with Gasteiger partial charge in [-0.1, -0.05) is 24.3 Å². The van der Waals surface area contributed by atoms with Crippen LogP contribution in [0, 0.1) is 0 Å². The van der Waals surface area contributed by atoms with Crippen molar-refractivity contribution >= 4 is 23.2 Å². The number of fused-ring (bicyclic) bond motifs is 1. The first-order valence-electron chi connectivity index (χ1n) is 8.11. The molecule has 0 spiro atoms. The summed E-state index contributed by atoms with van der Waals surface area (Å²) >= 11 is 0. The lowest BCUT2D eigenvalue weighted by molar-refractivity contribution is -0.110. The lowest BCUT2D eigenvalue weighted by Gasteiger charge is -2.08. The SMILES string of the molecule is COc1cc(-c2ccc3c(c2)NC(=O)/C3=C/c2ccccn2)ccc1O. The first-order chi connectivity index (χ1) is 12.7. The third kappa shape index (κ3) is 2.80. The van der Waals surface area contributed by atoms with E-state index >= 15 is 0 Å². The van der Waals surface area contributed by atoms with Gasteiger partial charge in [-0.2, -0.15) is 0 Å². The minimum atomic E-state index is -0.147. The largest absolute Gasteiger partial charge is 0.504 e. The van der Waals surface area contributed by atoms with Crippen LogP contribution in [0.3, 0.4) is 0 Å². The first kappa shape index (κ1) is 15.9. The Balaban J connectivity index is 1.74. The number of methoxy groups -OCH3 is 1. The summed E-state index contributed by atoms with van der Waals surface area (Å²) in [7, 11) is 1.51. The fourth-order valence-corrected chi connectivity index (χ4v) is 2.98. The highest BCUT2D eigenvalue weighted by Gasteiger charge is 2.24. The number of carbonyl (C=O) groups is 1. The molecule has 0 radical (unpaired) electrons. The smallest absolute Gasteiger partial charge is 0.256 e. The number of pyridine rings is 1. The zero-order chi connectivity index (χ0) is 18.1. The summed E-state index contributed by atoms with van der Waals surface area (Å²) in [6.07, 6.45) is 3.48. The van der Waals surface area contributed by atoms with Crippen molar-refractivity contribution in [1.29, 1.82) is 0 Å². The molecule has 0 aliphatic carbocycles. The Labute approximate surface area is 150 Å². The van der Waals surface area contributed by atoms with Gasteiger partial charge >= 0.3 is 0 Å². The normalized spacial score (nSPS) is 14.2. The minimum Gasteiger partial charge on any atom is -0.504 e. The lowest BCUT2D eigenvalue weighted by Crippen LogP contribution is -2.03. The van der Waals surface area contributed by atoms with Crippen molar-refractivity contribution < 1.29 is 14.6 Å². The number of aromatic hydroxyl groups is 1. The molecule has 1 aromatic heterocycles. The highest BCUT2D eigenvalue weighted by Crippen LogP contribution is 2.38. The second-order valence-corrected chi connectivity index (χ2v) is 5.91. The maximum absolute atomic E-state index is 12.4. The van der Waals surface area contributed by atoms with E-state index in [1.165, 1.54) is 7.11 Å². The summed E-state index contributed by atoms with van der Waals surface area (Å²) in [4.78, 5) is 16.6. The molecule has 1 aliphatic heterocycles. The van der Waals surface area contributed by atoms with Crippen molar-refractivity contribution in [3.63, 3.8) is 0 Å². The molecule has 5 nitrogen and oxygen atoms in total. The highest BCUT2D eigenvalue weighted by atomic mass is 16.5. The number of nitrogens with zero attached hydrogens (tertiary/aromatic N) is 1. The van der Waals surface area contributed by atoms with E-state index in [2.05, 4.69) is 10.3 Å². The molecular weight excluding hydrogens is 328 g/mol. The van der Waals surface area contributed by atoms with Gasteiger partial charge in [0.25, 0.3) is 5.91 Å². The van der Waals surface area contributed by atoms with E-state index in [1.807, 2.05) is 36.4 Å². The molecule has 128 valence electrons. The Morgan fingerprint density at radius 2 is 1.88 bits per heavy atom. The van der Waals surface area contributed by atoms with Crippen LogP contribution in [-0.4, -0.2) is 23.1 Å². The second kappa shape index (κ2) is 6.37. The number of nitrogens with one attached hydrogen (secondary N) is 1. The van der Waals surface area contributed by atoms with Gasteiger partial charge in [-0.25, -0.2) is 0 Å². The highest BCUT2D eigenvalue weighted by molar-refractivity contribution is 6.35. The van der Waals surface area contributed by atoms with Gasteiger partial charge in [-0.15, -0.1) is 0 Å². The van der Waals surface area contributed by atoms with E-state index < -0.39 is 0 Å². The maximum Gasteiger partial charge on any atom is 0.256 e. The molecule has 1 aliphatic rings. The molecule has 2 heterocycles. The van der Waals surface area contributed by atoms with Gasteiger partial charge in [0.05, 0.1) is 18.4 Å². The number of amides is 1. The van der Waals surface area contributed by atoms with E-state index in [0.29, 0.717) is 11.3 Å². The Bertz CT molecular complexity index is 1030. The van der Waals surface area contributed by atoms with Gasteiger partial charge < -0.3 is 15.2 Å². The molecule has 1 amide bonds. The van der Waals surface area contributed by atoms with Crippen molar-refractivity contribution in [3.8, 4) is 22.6 Å². The van der Waals surface area contributed by atoms with Crippen molar-refractivity contribution in [2.24, 2.45) is 0 Å². The fourth-order valence-electron chi connectivity index (χ4n) is 2.98. The molecular formula is C21H16N2O3. The molecule has 0 fully saturated rings. The van der Waals surface area contributed by atoms with Crippen LogP contribution in [0.15, 0.2) is 60.8 Å². The number of hydrogen-bond donors (Lipinski definition) is 2. The van der Waals surface area contributed by atoms with Crippen LogP contribution in [0.2, 0.25) is 0 Å². The molecule has 3 aromatic rings. The summed E-state index contributed by atoms with van der Waals surface area (Å²) in [5.41, 5.74) is 4.73. The Hall–Kier alpha value is -3.60. The summed E-state index contributed by atoms with van der Waals surface area (Å²) in [5, 5.41) is 12.7. The first-order valence-corrected chi connectivity index (χ1v) is 8.11. The lowest BCUT2D eigenvalue weighted by atomic mass is 9.99. The molecule has 0 atom stereocenters. The molecule has 5 heteroatoms. The summed E-state index contributed by atoms with van der Waals surface area (Å²) in [6.45, 7) is 0. The van der Waals surface area contributed by atoms with Crippen molar-refractivity contribution in [1.82, 2.24) is 4.98 Å². The Kier molecular flexibility index (Phi) is 3.89. The van der Waals surface area contributed by atoms with Crippen LogP contribution >= 0.6 is 0 Å². The van der Waals surface area contributed by atoms with Gasteiger partial charge in [0.15, 0.2) is 11.5 Å². The summed E-state index contributed by atoms with van der Waals surface area (Å²) in [5.74, 6) is 0.347. The quantitative estimate of drug-likeness (QED) is 0.706. The van der Waals surface area contributed by atoms with Crippen molar-refractivity contribution in [3.05, 3.63) is 72.1 Å². The monoisotopic (exact) mass is 344 g/mol. The number of benzene rings is 2. The third-order valence-corrected chi connectivity index (χ3v) is 4.30. The predicted octanol–water partition coefficient (Wildman–Crippen LogP) is 3.96. The van der Waals surface area contributed by atoms with Gasteiger partial charge in [0.1, 0.15) is 0 Å². The average molecular weight is 344 g/mol. The van der Waals surface area contributed by atoms with Gasteiger partial charge in [-0.3, -0.25) is 9.78 Å². The van der Waals surface area contributed by atoms with Crippen LogP contribution in [-0.2, 0) is 4.79 Å². The van der Waals surface area contributed by atoms with Crippen LogP contribution in [0.25, 0.3) is 22.8 Å². The predicted molar refractivity (Wildman–Crippen MR) is 101 cm³/mol. The van der Waals surface area contributed by atoms with Gasteiger partial charge in [-0.05, 0) is 47.5 Å². The molecule has 2 aromatic carbocycles. The van der Waals surface area contributed by atoms with E-state index in [0.717, 1.165) is 28.1 Å². The molecule has 26 heavy (non-hydrogen) atoms. The van der Waals surface area contributed by atoms with Crippen LogP contribution in [0.4, 0.5) is 5.69 Å². The van der Waals surface area contributed by atoms with E-state index in [4.69, 9.17) is 4.74 Å². The van der Waals surface area contributed by atoms with E-state index in [1.54, 1.807) is 30.5 Å². The fraction of sp³-hybridized carbons (Fsp3) is 0.0476. The third-order valence-electron chi connectivity index (χ3n) is 4.30. The van der Waals surface area contributed by atoms with Crippen LogP contribution < -0.4 is 10.1 Å². The summed E-state index contributed by atoms with van der Waals surface area (Å²) < 4.78 is 5.16. The second-order valence-electron chi connectivity index (χ2n) is 5.91.